The second kappa shape index (κ2) is 5.46. The summed E-state index contributed by atoms with van der Waals surface area (Å²) in [5, 5.41) is 8.85. The molecule has 0 atom stereocenters. The lowest BCUT2D eigenvalue weighted by Crippen LogP contribution is -1.92. The molecule has 0 aliphatic heterocycles. The first-order valence-electron chi connectivity index (χ1n) is 5.38. The molecule has 1 aromatic carbocycles. The van der Waals surface area contributed by atoms with Crippen molar-refractivity contribution in [2.24, 2.45) is 0 Å². The third-order valence-electron chi connectivity index (χ3n) is 2.53. The van der Waals surface area contributed by atoms with Gasteiger partial charge in [0.15, 0.2) is 0 Å². The summed E-state index contributed by atoms with van der Waals surface area (Å²) in [6, 6.07) is 9.44. The Morgan fingerprint density at radius 2 is 2.17 bits per heavy atom. The largest absolute Gasteiger partial charge is 0.477 e. The monoisotopic (exact) mass is 279 g/mol. The van der Waals surface area contributed by atoms with Gasteiger partial charge in [-0.25, -0.2) is 4.79 Å². The molecule has 0 fully saturated rings. The number of hydrogen-bond donors (Lipinski definition) is 2. The number of aromatic carboxylic acids is 1. The SMILES string of the molecule is Cc1cccc(SCc2ccc(C(=O)O)s2)c1N. The van der Waals surface area contributed by atoms with E-state index < -0.39 is 5.97 Å². The van der Waals surface area contributed by atoms with Crippen LogP contribution in [-0.2, 0) is 5.75 Å². The molecular formula is C13H13NO2S2. The molecule has 5 heteroatoms. The lowest BCUT2D eigenvalue weighted by atomic mass is 10.2. The minimum Gasteiger partial charge on any atom is -0.477 e. The molecule has 2 rings (SSSR count). The number of benzene rings is 1. The fourth-order valence-corrected chi connectivity index (χ4v) is 3.44. The molecule has 0 spiro atoms. The van der Waals surface area contributed by atoms with Gasteiger partial charge >= 0.3 is 5.97 Å². The van der Waals surface area contributed by atoms with E-state index in [9.17, 15) is 4.79 Å². The van der Waals surface area contributed by atoms with Crippen LogP contribution in [-0.4, -0.2) is 11.1 Å². The molecule has 3 nitrogen and oxygen atoms in total. The summed E-state index contributed by atoms with van der Waals surface area (Å²) in [5.74, 6) is -0.127. The fourth-order valence-electron chi connectivity index (χ4n) is 1.50. The Labute approximate surface area is 114 Å². The third kappa shape index (κ3) is 2.86. The van der Waals surface area contributed by atoms with E-state index in [-0.39, 0.29) is 0 Å². The van der Waals surface area contributed by atoms with Gasteiger partial charge in [0.05, 0.1) is 0 Å². The number of rotatable bonds is 4. The van der Waals surface area contributed by atoms with Gasteiger partial charge in [-0.1, -0.05) is 12.1 Å². The lowest BCUT2D eigenvalue weighted by molar-refractivity contribution is 0.0702. The van der Waals surface area contributed by atoms with Gasteiger partial charge in [0.25, 0.3) is 0 Å². The maximum Gasteiger partial charge on any atom is 0.345 e. The van der Waals surface area contributed by atoms with Gasteiger partial charge in [-0.05, 0) is 30.7 Å². The molecule has 94 valence electrons. The number of thioether (sulfide) groups is 1. The van der Waals surface area contributed by atoms with Crippen LogP contribution in [0.25, 0.3) is 0 Å². The van der Waals surface area contributed by atoms with Crippen molar-refractivity contribution in [3.63, 3.8) is 0 Å². The van der Waals surface area contributed by atoms with E-state index >= 15 is 0 Å². The highest BCUT2D eigenvalue weighted by molar-refractivity contribution is 7.98. The first kappa shape index (κ1) is 13.0. The van der Waals surface area contributed by atoms with Crippen molar-refractivity contribution in [3.8, 4) is 0 Å². The van der Waals surface area contributed by atoms with Crippen molar-refractivity contribution in [1.29, 1.82) is 0 Å². The smallest absolute Gasteiger partial charge is 0.345 e. The molecule has 3 N–H and O–H groups in total. The zero-order valence-electron chi connectivity index (χ0n) is 9.84. The number of carboxylic acids is 1. The number of hydrogen-bond acceptors (Lipinski definition) is 4. The normalized spacial score (nSPS) is 10.5. The lowest BCUT2D eigenvalue weighted by Gasteiger charge is -2.06. The molecule has 18 heavy (non-hydrogen) atoms. The summed E-state index contributed by atoms with van der Waals surface area (Å²) in [4.78, 5) is 13.2. The van der Waals surface area contributed by atoms with E-state index in [1.165, 1.54) is 11.3 Å². The molecule has 1 aromatic heterocycles. The van der Waals surface area contributed by atoms with Crippen LogP contribution in [0.2, 0.25) is 0 Å². The van der Waals surface area contributed by atoms with Crippen molar-refractivity contribution in [2.45, 2.75) is 17.6 Å². The van der Waals surface area contributed by atoms with E-state index in [1.807, 2.05) is 31.2 Å². The van der Waals surface area contributed by atoms with Crippen LogP contribution in [0.1, 0.15) is 20.1 Å². The van der Waals surface area contributed by atoms with Crippen molar-refractivity contribution in [3.05, 3.63) is 45.6 Å². The van der Waals surface area contributed by atoms with Gasteiger partial charge in [0, 0.05) is 21.2 Å². The van der Waals surface area contributed by atoms with Gasteiger partial charge in [-0.2, -0.15) is 0 Å². The zero-order valence-corrected chi connectivity index (χ0v) is 11.5. The molecule has 2 aromatic rings. The summed E-state index contributed by atoms with van der Waals surface area (Å²) in [7, 11) is 0. The fraction of sp³-hybridized carbons (Fsp3) is 0.154. The van der Waals surface area contributed by atoms with Crippen LogP contribution >= 0.6 is 23.1 Å². The van der Waals surface area contributed by atoms with E-state index in [1.54, 1.807) is 17.8 Å². The molecule has 0 bridgehead atoms. The summed E-state index contributed by atoms with van der Waals surface area (Å²) in [6.45, 7) is 1.98. The van der Waals surface area contributed by atoms with Gasteiger partial charge in [-0.3, -0.25) is 0 Å². The number of nitrogens with two attached hydrogens (primary N) is 1. The van der Waals surface area contributed by atoms with Crippen LogP contribution in [0, 0.1) is 6.92 Å². The van der Waals surface area contributed by atoms with Crippen molar-refractivity contribution >= 4 is 34.8 Å². The number of aryl methyl sites for hydroxylation is 1. The van der Waals surface area contributed by atoms with E-state index in [2.05, 4.69) is 0 Å². The van der Waals surface area contributed by atoms with Crippen molar-refractivity contribution < 1.29 is 9.90 Å². The molecule has 0 aliphatic carbocycles. The Balaban J connectivity index is 2.07. The van der Waals surface area contributed by atoms with E-state index in [0.717, 1.165) is 26.8 Å². The van der Waals surface area contributed by atoms with Crippen molar-refractivity contribution in [2.75, 3.05) is 5.73 Å². The summed E-state index contributed by atoms with van der Waals surface area (Å²) in [5.41, 5.74) is 7.86. The minimum absolute atomic E-state index is 0.378. The Kier molecular flexibility index (Phi) is 3.93. The first-order chi connectivity index (χ1) is 8.58. The molecule has 0 amide bonds. The predicted octanol–water partition coefficient (Wildman–Crippen LogP) is 3.63. The Morgan fingerprint density at radius 3 is 2.83 bits per heavy atom. The number of carboxylic acid groups (broad SMARTS) is 1. The Bertz CT molecular complexity index is 578. The molecule has 1 heterocycles. The molecule has 0 radical (unpaired) electrons. The summed E-state index contributed by atoms with van der Waals surface area (Å²) >= 11 is 2.94. The number of carbonyl (C=O) groups is 1. The van der Waals surface area contributed by atoms with E-state index in [0.29, 0.717) is 4.88 Å². The standard InChI is InChI=1S/C13H13NO2S2/c1-8-3-2-4-10(12(8)14)17-7-9-5-6-11(18-9)13(15)16/h2-6H,7,14H2,1H3,(H,15,16). The maximum atomic E-state index is 10.8. The van der Waals surface area contributed by atoms with Gasteiger partial charge in [0.1, 0.15) is 4.88 Å². The molecular weight excluding hydrogens is 266 g/mol. The highest BCUT2D eigenvalue weighted by Gasteiger charge is 2.08. The number of para-hydroxylation sites is 1. The number of nitrogen functional groups attached to an aromatic ring is 1. The van der Waals surface area contributed by atoms with Crippen LogP contribution in [0.15, 0.2) is 35.2 Å². The van der Waals surface area contributed by atoms with Gasteiger partial charge in [0.2, 0.25) is 0 Å². The Morgan fingerprint density at radius 1 is 1.39 bits per heavy atom. The molecule has 0 aliphatic rings. The average molecular weight is 279 g/mol. The highest BCUT2D eigenvalue weighted by atomic mass is 32.2. The second-order valence-electron chi connectivity index (χ2n) is 3.85. The minimum atomic E-state index is -0.869. The molecule has 0 saturated carbocycles. The average Bonchev–Trinajstić information content (AvgIpc) is 2.80. The van der Waals surface area contributed by atoms with Crippen molar-refractivity contribution in [1.82, 2.24) is 0 Å². The molecule has 0 saturated heterocycles. The number of thiophene rings is 1. The second-order valence-corrected chi connectivity index (χ2v) is 6.03. The maximum absolute atomic E-state index is 10.8. The van der Waals surface area contributed by atoms with Gasteiger partial charge < -0.3 is 10.8 Å². The quantitative estimate of drug-likeness (QED) is 0.662. The Hall–Kier alpha value is -1.46. The van der Waals surface area contributed by atoms with Crippen LogP contribution < -0.4 is 5.73 Å². The topological polar surface area (TPSA) is 63.3 Å². The van der Waals surface area contributed by atoms with Crippen LogP contribution in [0.3, 0.4) is 0 Å². The third-order valence-corrected chi connectivity index (χ3v) is 4.90. The first-order valence-corrected chi connectivity index (χ1v) is 7.18. The van der Waals surface area contributed by atoms with Crippen LogP contribution in [0.5, 0.6) is 0 Å². The van der Waals surface area contributed by atoms with Crippen LogP contribution in [0.4, 0.5) is 5.69 Å². The number of anilines is 1. The highest BCUT2D eigenvalue weighted by Crippen LogP contribution is 2.31. The summed E-state index contributed by atoms with van der Waals surface area (Å²) in [6.07, 6.45) is 0. The molecule has 0 unspecified atom stereocenters. The zero-order chi connectivity index (χ0) is 13.1. The summed E-state index contributed by atoms with van der Waals surface area (Å²) < 4.78 is 0. The van der Waals surface area contributed by atoms with E-state index in [4.69, 9.17) is 10.8 Å². The predicted molar refractivity (Wildman–Crippen MR) is 76.4 cm³/mol. The van der Waals surface area contributed by atoms with Gasteiger partial charge in [-0.15, -0.1) is 23.1 Å².